The van der Waals surface area contributed by atoms with E-state index in [1.165, 1.54) is 19.4 Å². The fraction of sp³-hybridized carbons (Fsp3) is 0.923. The van der Waals surface area contributed by atoms with Crippen molar-refractivity contribution in [3.05, 3.63) is 0 Å². The smallest absolute Gasteiger partial charge is 0.205 e. The number of aliphatic imine (C=N–C) groups is 1. The highest BCUT2D eigenvalue weighted by Gasteiger charge is 2.31. The molecule has 0 spiro atoms. The van der Waals surface area contributed by atoms with Crippen molar-refractivity contribution in [2.24, 2.45) is 10.8 Å². The van der Waals surface area contributed by atoms with E-state index in [0.29, 0.717) is 18.5 Å². The predicted molar refractivity (Wildman–Crippen MR) is 76.9 cm³/mol. The van der Waals surface area contributed by atoms with E-state index in [1.54, 1.807) is 0 Å². The fourth-order valence-corrected chi connectivity index (χ4v) is 2.73. The van der Waals surface area contributed by atoms with Crippen LogP contribution in [0.3, 0.4) is 0 Å². The topological polar surface area (TPSA) is 74.9 Å². The summed E-state index contributed by atoms with van der Waals surface area (Å²) in [6, 6.07) is 0.648. The number of guanidine groups is 1. The molecular formula is C13H27N5O. The molecule has 2 aliphatic rings. The van der Waals surface area contributed by atoms with Crippen LogP contribution in [0.15, 0.2) is 4.99 Å². The van der Waals surface area contributed by atoms with Crippen molar-refractivity contribution >= 4 is 5.96 Å². The second-order valence-corrected chi connectivity index (χ2v) is 5.36. The van der Waals surface area contributed by atoms with Crippen LogP contribution in [-0.4, -0.2) is 55.8 Å². The van der Waals surface area contributed by atoms with Gasteiger partial charge in [-0.3, -0.25) is 10.3 Å². The van der Waals surface area contributed by atoms with Crippen LogP contribution in [0.1, 0.15) is 32.6 Å². The van der Waals surface area contributed by atoms with E-state index < -0.39 is 0 Å². The molecule has 2 rings (SSSR count). The third-order valence-electron chi connectivity index (χ3n) is 3.87. The van der Waals surface area contributed by atoms with Gasteiger partial charge in [0, 0.05) is 19.1 Å². The lowest BCUT2D eigenvalue weighted by Crippen LogP contribution is -2.48. The average Bonchev–Trinajstić information content (AvgIpc) is 2.90. The number of hydrazine groups is 1. The molecule has 2 fully saturated rings. The lowest BCUT2D eigenvalue weighted by atomic mass is 10.2. The molecule has 0 amide bonds. The zero-order valence-corrected chi connectivity index (χ0v) is 11.9. The Morgan fingerprint density at radius 1 is 1.53 bits per heavy atom. The number of morpholine rings is 1. The van der Waals surface area contributed by atoms with Gasteiger partial charge < -0.3 is 10.1 Å². The van der Waals surface area contributed by atoms with E-state index >= 15 is 0 Å². The Morgan fingerprint density at radius 2 is 2.42 bits per heavy atom. The zero-order chi connectivity index (χ0) is 13.5. The minimum atomic E-state index is 0.200. The Bertz CT molecular complexity index is 297. The van der Waals surface area contributed by atoms with Crippen molar-refractivity contribution in [3.63, 3.8) is 0 Å². The summed E-state index contributed by atoms with van der Waals surface area (Å²) in [5.41, 5.74) is 2.62. The van der Waals surface area contributed by atoms with Gasteiger partial charge in [-0.05, 0) is 25.8 Å². The summed E-state index contributed by atoms with van der Waals surface area (Å²) in [6.07, 6.45) is 5.07. The normalized spacial score (nSPS) is 28.2. The summed E-state index contributed by atoms with van der Waals surface area (Å²) in [7, 11) is 0. The number of unbranched alkanes of at least 4 members (excludes halogenated alkanes) is 1. The standard InChI is InChI=1S/C13H27N5O/c1-2-3-6-15-13(17-14)16-8-12-9-18-7-4-5-11(18)10-19-12/h11-12H,2-10,14H2,1H3,(H2,15,16,17). The van der Waals surface area contributed by atoms with Crippen LogP contribution in [0, 0.1) is 0 Å². The number of ether oxygens (including phenoxy) is 1. The number of hydrogen-bond donors (Lipinski definition) is 3. The van der Waals surface area contributed by atoms with Crippen molar-refractivity contribution < 1.29 is 4.74 Å². The van der Waals surface area contributed by atoms with Crippen molar-refractivity contribution in [1.82, 2.24) is 15.6 Å². The second kappa shape index (κ2) is 7.67. The van der Waals surface area contributed by atoms with Gasteiger partial charge in [0.15, 0.2) is 0 Å². The number of hydrogen-bond acceptors (Lipinski definition) is 4. The molecule has 0 bridgehead atoms. The van der Waals surface area contributed by atoms with Gasteiger partial charge in [0.2, 0.25) is 5.96 Å². The van der Waals surface area contributed by atoms with Gasteiger partial charge in [-0.15, -0.1) is 0 Å². The van der Waals surface area contributed by atoms with Crippen LogP contribution in [0.5, 0.6) is 0 Å². The van der Waals surface area contributed by atoms with E-state index in [2.05, 4.69) is 27.6 Å². The summed E-state index contributed by atoms with van der Waals surface area (Å²) < 4.78 is 5.87. The van der Waals surface area contributed by atoms with Crippen LogP contribution >= 0.6 is 0 Å². The Balaban J connectivity index is 1.73. The van der Waals surface area contributed by atoms with Crippen molar-refractivity contribution in [2.75, 3.05) is 32.8 Å². The van der Waals surface area contributed by atoms with Crippen LogP contribution in [-0.2, 0) is 4.74 Å². The van der Waals surface area contributed by atoms with Gasteiger partial charge in [-0.25, -0.2) is 10.8 Å². The van der Waals surface area contributed by atoms with Crippen molar-refractivity contribution in [3.8, 4) is 0 Å². The number of fused-ring (bicyclic) bond motifs is 1. The van der Waals surface area contributed by atoms with Crippen molar-refractivity contribution in [1.29, 1.82) is 0 Å². The number of nitrogens with two attached hydrogens (primary N) is 1. The molecule has 2 aliphatic heterocycles. The minimum absolute atomic E-state index is 0.200. The van der Waals surface area contributed by atoms with Gasteiger partial charge in [0.25, 0.3) is 0 Å². The number of rotatable bonds is 5. The van der Waals surface area contributed by atoms with Gasteiger partial charge in [0.05, 0.1) is 19.3 Å². The maximum atomic E-state index is 5.87. The quantitative estimate of drug-likeness (QED) is 0.216. The molecule has 6 nitrogen and oxygen atoms in total. The first-order valence-electron chi connectivity index (χ1n) is 7.44. The van der Waals surface area contributed by atoms with E-state index in [9.17, 15) is 0 Å². The SMILES string of the molecule is CCCCNC(=NCC1CN2CCCC2CO1)NN. The average molecular weight is 269 g/mol. The maximum absolute atomic E-state index is 5.87. The van der Waals surface area contributed by atoms with Crippen LogP contribution < -0.4 is 16.6 Å². The highest BCUT2D eigenvalue weighted by molar-refractivity contribution is 5.79. The molecule has 0 radical (unpaired) electrons. The molecule has 19 heavy (non-hydrogen) atoms. The molecule has 6 heteroatoms. The molecule has 2 unspecified atom stereocenters. The lowest BCUT2D eigenvalue weighted by molar-refractivity contribution is -0.0432. The molecule has 0 aromatic carbocycles. The molecule has 110 valence electrons. The van der Waals surface area contributed by atoms with Crippen molar-refractivity contribution in [2.45, 2.75) is 44.8 Å². The number of nitrogens with one attached hydrogen (secondary N) is 2. The van der Waals surface area contributed by atoms with Gasteiger partial charge in [-0.2, -0.15) is 0 Å². The summed E-state index contributed by atoms with van der Waals surface area (Å²) in [6.45, 7) is 6.80. The summed E-state index contributed by atoms with van der Waals surface area (Å²) in [4.78, 5) is 7.00. The van der Waals surface area contributed by atoms with Crippen LogP contribution in [0.2, 0.25) is 0 Å². The first-order valence-corrected chi connectivity index (χ1v) is 7.44. The Kier molecular flexibility index (Phi) is 5.88. The first-order chi connectivity index (χ1) is 9.33. The van der Waals surface area contributed by atoms with Crippen LogP contribution in [0.4, 0.5) is 0 Å². The maximum Gasteiger partial charge on any atom is 0.205 e. The Hall–Kier alpha value is -0.850. The van der Waals surface area contributed by atoms with Gasteiger partial charge in [0.1, 0.15) is 0 Å². The lowest BCUT2D eigenvalue weighted by Gasteiger charge is -2.34. The highest BCUT2D eigenvalue weighted by atomic mass is 16.5. The zero-order valence-electron chi connectivity index (χ0n) is 11.9. The molecule has 4 N–H and O–H groups in total. The first kappa shape index (κ1) is 14.6. The molecule has 0 aromatic rings. The molecule has 0 saturated carbocycles. The Morgan fingerprint density at radius 3 is 3.21 bits per heavy atom. The number of nitrogens with zero attached hydrogens (tertiary/aromatic N) is 2. The van der Waals surface area contributed by atoms with Gasteiger partial charge >= 0.3 is 0 Å². The molecule has 0 aromatic heterocycles. The monoisotopic (exact) mass is 269 g/mol. The van der Waals surface area contributed by atoms with E-state index in [0.717, 1.165) is 32.5 Å². The Labute approximate surface area is 115 Å². The largest absolute Gasteiger partial charge is 0.373 e. The molecular weight excluding hydrogens is 242 g/mol. The second-order valence-electron chi connectivity index (χ2n) is 5.36. The molecule has 2 saturated heterocycles. The summed E-state index contributed by atoms with van der Waals surface area (Å²) in [5.74, 6) is 6.13. The minimum Gasteiger partial charge on any atom is -0.373 e. The van der Waals surface area contributed by atoms with E-state index in [-0.39, 0.29) is 6.10 Å². The third kappa shape index (κ3) is 4.33. The molecule has 2 atom stereocenters. The third-order valence-corrected chi connectivity index (χ3v) is 3.87. The highest BCUT2D eigenvalue weighted by Crippen LogP contribution is 2.22. The molecule has 0 aliphatic carbocycles. The summed E-state index contributed by atoms with van der Waals surface area (Å²) >= 11 is 0. The van der Waals surface area contributed by atoms with E-state index in [1.807, 2.05) is 0 Å². The van der Waals surface area contributed by atoms with E-state index in [4.69, 9.17) is 10.6 Å². The fourth-order valence-electron chi connectivity index (χ4n) is 2.73. The van der Waals surface area contributed by atoms with Gasteiger partial charge in [-0.1, -0.05) is 13.3 Å². The molecule has 2 heterocycles. The van der Waals surface area contributed by atoms with Crippen LogP contribution in [0.25, 0.3) is 0 Å². The summed E-state index contributed by atoms with van der Waals surface area (Å²) in [5, 5.41) is 3.20. The predicted octanol–water partition coefficient (Wildman–Crippen LogP) is 0.0586.